The molecule has 1 aliphatic rings. The van der Waals surface area contributed by atoms with Gasteiger partial charge in [-0.15, -0.1) is 0 Å². The maximum absolute atomic E-state index is 12.8. The Morgan fingerprint density at radius 2 is 1.56 bits per heavy atom. The zero-order valence-corrected chi connectivity index (χ0v) is 15.0. The fourth-order valence-electron chi connectivity index (χ4n) is 3.40. The predicted octanol–water partition coefficient (Wildman–Crippen LogP) is 2.20. The van der Waals surface area contributed by atoms with Crippen LogP contribution in [0.25, 0.3) is 0 Å². The van der Waals surface area contributed by atoms with Crippen LogP contribution in [0.2, 0.25) is 0 Å². The molecule has 0 spiro atoms. The molecular formula is C19H22N2O3S. The smallest absolute Gasteiger partial charge is 0.243 e. The second kappa shape index (κ2) is 6.61. The van der Waals surface area contributed by atoms with Gasteiger partial charge in [-0.3, -0.25) is 4.79 Å². The van der Waals surface area contributed by atoms with E-state index in [1.54, 1.807) is 24.3 Å². The molecule has 2 aromatic rings. The molecule has 1 heterocycles. The van der Waals surface area contributed by atoms with Gasteiger partial charge in [0.15, 0.2) is 0 Å². The lowest BCUT2D eigenvalue weighted by Gasteiger charge is -2.39. The molecule has 0 saturated carbocycles. The van der Waals surface area contributed by atoms with Crippen molar-refractivity contribution in [1.82, 2.24) is 4.31 Å². The number of benzene rings is 2. The van der Waals surface area contributed by atoms with Crippen LogP contribution in [-0.2, 0) is 20.2 Å². The lowest BCUT2D eigenvalue weighted by atomic mass is 9.72. The van der Waals surface area contributed by atoms with Crippen LogP contribution < -0.4 is 5.73 Å². The molecule has 0 bridgehead atoms. The van der Waals surface area contributed by atoms with E-state index in [2.05, 4.69) is 0 Å². The minimum atomic E-state index is -3.56. The van der Waals surface area contributed by atoms with Crippen molar-refractivity contribution in [1.29, 1.82) is 0 Å². The van der Waals surface area contributed by atoms with Gasteiger partial charge in [0.1, 0.15) is 0 Å². The van der Waals surface area contributed by atoms with Crippen molar-refractivity contribution in [2.45, 2.75) is 30.1 Å². The molecule has 1 fully saturated rings. The highest BCUT2D eigenvalue weighted by atomic mass is 32.2. The lowest BCUT2D eigenvalue weighted by molar-refractivity contribution is -0.125. The van der Waals surface area contributed by atoms with Gasteiger partial charge in [0.05, 0.1) is 10.3 Å². The number of aryl methyl sites for hydroxylation is 1. The van der Waals surface area contributed by atoms with Crippen LogP contribution in [0.1, 0.15) is 24.0 Å². The van der Waals surface area contributed by atoms with E-state index in [0.717, 1.165) is 11.1 Å². The Balaban J connectivity index is 1.85. The van der Waals surface area contributed by atoms with Gasteiger partial charge in [0.2, 0.25) is 15.9 Å². The number of sulfonamides is 1. The maximum Gasteiger partial charge on any atom is 0.243 e. The Bertz CT molecular complexity index is 853. The van der Waals surface area contributed by atoms with Gasteiger partial charge in [-0.05, 0) is 37.5 Å². The molecule has 5 nitrogen and oxygen atoms in total. The molecule has 0 atom stereocenters. The van der Waals surface area contributed by atoms with Crippen LogP contribution in [-0.4, -0.2) is 31.7 Å². The van der Waals surface area contributed by atoms with Crippen molar-refractivity contribution in [3.63, 3.8) is 0 Å². The molecule has 6 heteroatoms. The van der Waals surface area contributed by atoms with Crippen molar-refractivity contribution >= 4 is 15.9 Å². The van der Waals surface area contributed by atoms with E-state index in [-0.39, 0.29) is 18.0 Å². The number of amides is 1. The number of nitrogens with two attached hydrogens (primary N) is 1. The highest BCUT2D eigenvalue weighted by Crippen LogP contribution is 2.36. The fourth-order valence-corrected chi connectivity index (χ4v) is 4.84. The highest BCUT2D eigenvalue weighted by Gasteiger charge is 2.43. The average molecular weight is 358 g/mol. The van der Waals surface area contributed by atoms with E-state index >= 15 is 0 Å². The Morgan fingerprint density at radius 3 is 2.08 bits per heavy atom. The van der Waals surface area contributed by atoms with Gasteiger partial charge in [0.25, 0.3) is 0 Å². The molecule has 1 amide bonds. The summed E-state index contributed by atoms with van der Waals surface area (Å²) in [6, 6.07) is 16.2. The predicted molar refractivity (Wildman–Crippen MR) is 96.5 cm³/mol. The summed E-state index contributed by atoms with van der Waals surface area (Å²) in [5, 5.41) is 0. The topological polar surface area (TPSA) is 80.5 Å². The van der Waals surface area contributed by atoms with Crippen LogP contribution in [0.15, 0.2) is 59.5 Å². The number of nitrogens with zero attached hydrogens (tertiary/aromatic N) is 1. The molecule has 1 saturated heterocycles. The summed E-state index contributed by atoms with van der Waals surface area (Å²) in [4.78, 5) is 12.5. The molecule has 1 aliphatic heterocycles. The standard InChI is InChI=1S/C19H22N2O3S/c1-15-7-9-17(10-8-15)25(23,24)21-13-11-19(12-14-21,18(20)22)16-5-3-2-4-6-16/h2-10H,11-14H2,1H3,(H2,20,22). The summed E-state index contributed by atoms with van der Waals surface area (Å²) in [5.74, 6) is -0.397. The molecule has 0 aromatic heterocycles. The molecule has 0 aliphatic carbocycles. The quantitative estimate of drug-likeness (QED) is 0.910. The summed E-state index contributed by atoms with van der Waals surface area (Å²) in [5.41, 5.74) is 6.77. The minimum Gasteiger partial charge on any atom is -0.369 e. The molecule has 132 valence electrons. The number of carbonyl (C=O) groups excluding carboxylic acids is 1. The molecule has 3 rings (SSSR count). The zero-order chi connectivity index (χ0) is 18.1. The van der Waals surface area contributed by atoms with Crippen LogP contribution in [0.5, 0.6) is 0 Å². The highest BCUT2D eigenvalue weighted by molar-refractivity contribution is 7.89. The molecule has 2 aromatic carbocycles. The number of hydrogen-bond donors (Lipinski definition) is 1. The second-order valence-electron chi connectivity index (χ2n) is 6.53. The molecule has 2 N–H and O–H groups in total. The largest absolute Gasteiger partial charge is 0.369 e. The zero-order valence-electron chi connectivity index (χ0n) is 14.2. The van der Waals surface area contributed by atoms with Crippen molar-refractivity contribution in [3.05, 3.63) is 65.7 Å². The molecule has 0 radical (unpaired) electrons. The summed E-state index contributed by atoms with van der Waals surface area (Å²) < 4.78 is 27.1. The Hall–Kier alpha value is -2.18. The Labute approximate surface area is 148 Å². The van der Waals surface area contributed by atoms with E-state index < -0.39 is 21.3 Å². The fraction of sp³-hybridized carbons (Fsp3) is 0.316. The van der Waals surface area contributed by atoms with E-state index in [4.69, 9.17) is 5.73 Å². The number of piperidine rings is 1. The van der Waals surface area contributed by atoms with Crippen molar-refractivity contribution in [3.8, 4) is 0 Å². The average Bonchev–Trinajstić information content (AvgIpc) is 2.62. The first-order chi connectivity index (χ1) is 11.9. The number of primary amides is 1. The Kier molecular flexibility index (Phi) is 4.67. The van der Waals surface area contributed by atoms with Crippen LogP contribution in [0, 0.1) is 6.92 Å². The van der Waals surface area contributed by atoms with Gasteiger partial charge < -0.3 is 5.73 Å². The number of carbonyl (C=O) groups is 1. The third-order valence-corrected chi connectivity index (χ3v) is 6.95. The first-order valence-corrected chi connectivity index (χ1v) is 9.72. The molecule has 0 unspecified atom stereocenters. The van der Waals surface area contributed by atoms with E-state index in [0.29, 0.717) is 12.8 Å². The van der Waals surface area contributed by atoms with Crippen LogP contribution >= 0.6 is 0 Å². The summed E-state index contributed by atoms with van der Waals surface area (Å²) in [7, 11) is -3.56. The Morgan fingerprint density at radius 1 is 1.00 bits per heavy atom. The molecule has 25 heavy (non-hydrogen) atoms. The SMILES string of the molecule is Cc1ccc(S(=O)(=O)N2CCC(C(N)=O)(c3ccccc3)CC2)cc1. The molecular weight excluding hydrogens is 336 g/mol. The van der Waals surface area contributed by atoms with Crippen molar-refractivity contribution in [2.75, 3.05) is 13.1 Å². The summed E-state index contributed by atoms with van der Waals surface area (Å²) >= 11 is 0. The van der Waals surface area contributed by atoms with Gasteiger partial charge in [0, 0.05) is 13.1 Å². The maximum atomic E-state index is 12.8. The third-order valence-electron chi connectivity index (χ3n) is 5.03. The normalized spacial score (nSPS) is 18.0. The van der Waals surface area contributed by atoms with Crippen molar-refractivity contribution < 1.29 is 13.2 Å². The second-order valence-corrected chi connectivity index (χ2v) is 8.47. The van der Waals surface area contributed by atoms with Gasteiger partial charge >= 0.3 is 0 Å². The van der Waals surface area contributed by atoms with Crippen molar-refractivity contribution in [2.24, 2.45) is 5.73 Å². The van der Waals surface area contributed by atoms with Gasteiger partial charge in [-0.25, -0.2) is 8.42 Å². The minimum absolute atomic E-state index is 0.272. The lowest BCUT2D eigenvalue weighted by Crippen LogP contribution is -2.51. The van der Waals surface area contributed by atoms with Gasteiger partial charge in [-0.2, -0.15) is 4.31 Å². The number of rotatable bonds is 4. The third kappa shape index (κ3) is 3.19. The monoisotopic (exact) mass is 358 g/mol. The van der Waals surface area contributed by atoms with E-state index in [1.807, 2.05) is 37.3 Å². The first kappa shape index (κ1) is 17.6. The number of hydrogen-bond acceptors (Lipinski definition) is 3. The van der Waals surface area contributed by atoms with Gasteiger partial charge in [-0.1, -0.05) is 48.0 Å². The van der Waals surface area contributed by atoms with E-state index in [1.165, 1.54) is 4.31 Å². The first-order valence-electron chi connectivity index (χ1n) is 8.28. The van der Waals surface area contributed by atoms with E-state index in [9.17, 15) is 13.2 Å². The van der Waals surface area contributed by atoms with Crippen LogP contribution in [0.3, 0.4) is 0 Å². The summed E-state index contributed by atoms with van der Waals surface area (Å²) in [6.07, 6.45) is 0.773. The van der Waals surface area contributed by atoms with Crippen LogP contribution in [0.4, 0.5) is 0 Å². The summed E-state index contributed by atoms with van der Waals surface area (Å²) in [6.45, 7) is 2.46.